The van der Waals surface area contributed by atoms with Crippen LogP contribution < -0.4 is 30.2 Å². The van der Waals surface area contributed by atoms with Gasteiger partial charge in [-0.1, -0.05) is 27.7 Å². The summed E-state index contributed by atoms with van der Waals surface area (Å²) in [4.78, 5) is 39.6. The minimum absolute atomic E-state index is 0.00620. The fourth-order valence-corrected chi connectivity index (χ4v) is 13.5. The van der Waals surface area contributed by atoms with Gasteiger partial charge in [-0.3, -0.25) is 57.8 Å². The Morgan fingerprint density at radius 1 is 0.475 bits per heavy atom. The molecule has 3 aliphatic carbocycles. The first-order chi connectivity index (χ1) is 47.6. The van der Waals surface area contributed by atoms with E-state index in [-0.39, 0.29) is 80.4 Å². The smallest absolute Gasteiger partial charge is 0.275 e. The first-order valence-electron chi connectivity index (χ1n) is 33.3. The third-order valence-electron chi connectivity index (χ3n) is 18.9. The molecule has 530 valence electrons. The zero-order chi connectivity index (χ0) is 69.9. The number of halogens is 3. The summed E-state index contributed by atoms with van der Waals surface area (Å²) in [5.74, 6) is -0.548. The van der Waals surface area contributed by atoms with Crippen molar-refractivity contribution < 1.29 is 56.0 Å². The van der Waals surface area contributed by atoms with Crippen molar-refractivity contribution in [2.45, 2.75) is 184 Å². The molecule has 0 spiro atoms. The third-order valence-corrected chi connectivity index (χ3v) is 18.9. The molecular formula is C66H86F3N21O9. The highest BCUT2D eigenvalue weighted by Crippen LogP contribution is 2.43. The van der Waals surface area contributed by atoms with Crippen molar-refractivity contribution >= 4 is 35.2 Å². The van der Waals surface area contributed by atoms with E-state index in [1.54, 1.807) is 90.6 Å². The van der Waals surface area contributed by atoms with Crippen LogP contribution in [0.4, 0.5) is 30.6 Å². The Bertz CT molecular complexity index is 4270. The number of rotatable bonds is 30. The van der Waals surface area contributed by atoms with Crippen LogP contribution in [0.3, 0.4) is 0 Å². The zero-order valence-electron chi connectivity index (χ0n) is 57.3. The summed E-state index contributed by atoms with van der Waals surface area (Å²) in [5.41, 5.74) is 7.16. The van der Waals surface area contributed by atoms with Crippen LogP contribution in [0, 0.1) is 0 Å². The molecule has 3 saturated carbocycles. The number of ether oxygens (including phenoxy) is 6. The van der Waals surface area contributed by atoms with Crippen LogP contribution in [0.1, 0.15) is 197 Å². The van der Waals surface area contributed by atoms with Crippen LogP contribution in [0.25, 0.3) is 0 Å². The first kappa shape index (κ1) is 69.3. The summed E-state index contributed by atoms with van der Waals surface area (Å²) >= 11 is 0. The van der Waals surface area contributed by atoms with Crippen LogP contribution in [-0.4, -0.2) is 165 Å². The quantitative estimate of drug-likeness (QED) is 0.0245. The Morgan fingerprint density at radius 2 is 0.808 bits per heavy atom. The predicted octanol–water partition coefficient (Wildman–Crippen LogP) is 8.88. The SMILES string of the molecule is COCc1cc(C(=O)Nc2cc([C@@H]3C[C@H](Oc4nn(CCC(C)c5cn(CCC(C)c6cn(C)nc6O[C@H]6C[C@@H](c7cc(NC(=O)c8cc(COC)nn8C)n[nH]7)C[C@H]6F)nc5O[C@@H]5C[C@H](c6cc(NC(=O)c7cc(COC)nn7C)n[nH]6)C[C@H]5F)cc4C(C)C)[C@@H](F)C3)[nH]n2)n(C)n1. The number of carbonyl (C=O) groups excluding carboxylic acids is 3. The van der Waals surface area contributed by atoms with E-state index in [1.165, 1.54) is 14.0 Å². The Hall–Kier alpha value is -9.63. The van der Waals surface area contributed by atoms with Gasteiger partial charge in [-0.15, -0.1) is 15.3 Å². The van der Waals surface area contributed by atoms with E-state index in [0.29, 0.717) is 126 Å². The normalized spacial score (nSPS) is 21.4. The van der Waals surface area contributed by atoms with Crippen molar-refractivity contribution in [1.29, 1.82) is 0 Å². The van der Waals surface area contributed by atoms with Crippen molar-refractivity contribution in [3.05, 3.63) is 123 Å². The number of alkyl halides is 3. The molecule has 0 radical (unpaired) electrons. The number of hydrogen-bond donors (Lipinski definition) is 6. The van der Waals surface area contributed by atoms with E-state index in [4.69, 9.17) is 38.6 Å². The number of methoxy groups -OCH3 is 3. The molecule has 3 fully saturated rings. The molecule has 0 saturated heterocycles. The lowest BCUT2D eigenvalue weighted by molar-refractivity contribution is 0.100. The van der Waals surface area contributed by atoms with E-state index in [9.17, 15) is 14.4 Å². The molecule has 33 heteroatoms. The molecule has 9 heterocycles. The summed E-state index contributed by atoms with van der Waals surface area (Å²) in [6, 6.07) is 10.1. The van der Waals surface area contributed by atoms with E-state index in [2.05, 4.69) is 73.9 Å². The van der Waals surface area contributed by atoms with Gasteiger partial charge in [0.2, 0.25) is 17.6 Å². The van der Waals surface area contributed by atoms with Gasteiger partial charge in [0.05, 0.1) is 36.9 Å². The topological polar surface area (TPSA) is 336 Å². The Balaban J connectivity index is 0.709. The fourth-order valence-electron chi connectivity index (χ4n) is 13.5. The minimum atomic E-state index is -1.37. The van der Waals surface area contributed by atoms with Gasteiger partial charge in [0.1, 0.15) is 53.9 Å². The molecule has 9 aromatic heterocycles. The van der Waals surface area contributed by atoms with Crippen LogP contribution in [0.15, 0.2) is 55.0 Å². The van der Waals surface area contributed by atoms with Crippen LogP contribution in [0.2, 0.25) is 0 Å². The molecule has 11 atom stereocenters. The van der Waals surface area contributed by atoms with Crippen LogP contribution in [0.5, 0.6) is 17.6 Å². The second kappa shape index (κ2) is 29.8. The lowest BCUT2D eigenvalue weighted by atomic mass is 10.00. The summed E-state index contributed by atoms with van der Waals surface area (Å²) < 4.78 is 93.2. The number of nitrogens with zero attached hydrogens (tertiary/aromatic N) is 15. The number of nitrogens with one attached hydrogen (secondary N) is 6. The van der Waals surface area contributed by atoms with Gasteiger partial charge in [-0.05, 0) is 87.3 Å². The number of carbonyl (C=O) groups is 3. The highest BCUT2D eigenvalue weighted by atomic mass is 19.1. The van der Waals surface area contributed by atoms with Crippen molar-refractivity contribution in [3.63, 3.8) is 0 Å². The Kier molecular flexibility index (Phi) is 20.9. The zero-order valence-corrected chi connectivity index (χ0v) is 57.3. The van der Waals surface area contributed by atoms with E-state index in [0.717, 1.165) is 16.7 Å². The van der Waals surface area contributed by atoms with Crippen molar-refractivity contribution in [2.24, 2.45) is 28.2 Å². The van der Waals surface area contributed by atoms with Gasteiger partial charge in [-0.2, -0.15) is 30.6 Å². The van der Waals surface area contributed by atoms with Crippen molar-refractivity contribution in [1.82, 2.24) is 89.3 Å². The lowest BCUT2D eigenvalue weighted by Gasteiger charge is -2.17. The minimum Gasteiger partial charge on any atom is -0.470 e. The molecule has 6 N–H and O–H groups in total. The number of amides is 3. The molecule has 3 aliphatic rings. The third kappa shape index (κ3) is 15.8. The highest BCUT2D eigenvalue weighted by Gasteiger charge is 2.42. The number of aromatic nitrogens is 18. The standard InChI is InChI=1S/C66H86F3N21O9/c1-34(2)43-29-89(83-64(43)97-55-19-37(16-46(55)67)49-25-58(76-73-49)70-61(91)52-22-40(31-94-9)79-86(52)6)14-13-36(4)45-30-90(84-66(45)99-57-21-39(18-48(57)69)51-27-60(78-75-51)72-63(93)54-24-42(33-96-11)81-88(54)8)15-12-35(3)44-28-85(5)82-65(44)98-56-20-38(17-47(56)68)50-26-59(77-74-50)71-62(92)53-23-41(32-95-10)80-87(53)7/h22-30,34-39,46-48,55-57H,12-21,31-33H2,1-11H3,(H2,70,73,76,91)(H2,71,74,77,92)(H2,72,75,78,93)/t35?,36?,37-,38-,39+,46-,47+,48+,55-,56-,57+/m0/s1. The molecule has 30 nitrogen and oxygen atoms in total. The van der Waals surface area contributed by atoms with Crippen molar-refractivity contribution in [2.75, 3.05) is 37.3 Å². The van der Waals surface area contributed by atoms with Gasteiger partial charge in [-0.25, -0.2) is 13.2 Å². The summed E-state index contributed by atoms with van der Waals surface area (Å²) in [6.07, 6.45) is 1.91. The van der Waals surface area contributed by atoms with Gasteiger partial charge >= 0.3 is 0 Å². The number of aryl methyl sites for hydroxylation is 6. The predicted molar refractivity (Wildman–Crippen MR) is 353 cm³/mol. The highest BCUT2D eigenvalue weighted by molar-refractivity contribution is 6.03. The van der Waals surface area contributed by atoms with Gasteiger partial charge in [0.25, 0.3) is 17.7 Å². The number of anilines is 3. The van der Waals surface area contributed by atoms with E-state index >= 15 is 13.2 Å². The Morgan fingerprint density at radius 3 is 1.16 bits per heavy atom. The largest absolute Gasteiger partial charge is 0.470 e. The number of aromatic amines is 3. The fraction of sp³-hybridized carbons (Fsp3) is 0.545. The Labute approximate surface area is 568 Å². The molecular weight excluding hydrogens is 1290 g/mol. The second-order valence-electron chi connectivity index (χ2n) is 26.6. The summed E-state index contributed by atoms with van der Waals surface area (Å²) in [5, 5.41) is 57.8. The monoisotopic (exact) mass is 1370 g/mol. The number of H-pyrrole nitrogens is 3. The molecule has 3 amide bonds. The maximum Gasteiger partial charge on any atom is 0.275 e. The maximum atomic E-state index is 16.4. The summed E-state index contributed by atoms with van der Waals surface area (Å²) in [6.45, 7) is 9.79. The molecule has 0 bridgehead atoms. The average molecular weight is 1370 g/mol. The lowest BCUT2D eigenvalue weighted by Crippen LogP contribution is -2.23. The molecule has 0 aromatic carbocycles. The van der Waals surface area contributed by atoms with Crippen LogP contribution >= 0.6 is 0 Å². The van der Waals surface area contributed by atoms with E-state index < -0.39 is 54.5 Å². The molecule has 2 unspecified atom stereocenters. The van der Waals surface area contributed by atoms with Gasteiger partial charge < -0.3 is 44.4 Å². The first-order valence-corrected chi connectivity index (χ1v) is 33.3. The summed E-state index contributed by atoms with van der Waals surface area (Å²) in [7, 11) is 11.5. The van der Waals surface area contributed by atoms with Gasteiger partial charge in [0, 0.05) is 151 Å². The molecule has 0 aliphatic heterocycles. The van der Waals surface area contributed by atoms with Crippen molar-refractivity contribution in [3.8, 4) is 17.6 Å². The molecule has 99 heavy (non-hydrogen) atoms. The molecule has 12 rings (SSSR count). The molecule has 9 aromatic rings. The van der Waals surface area contributed by atoms with Crippen LogP contribution in [-0.2, 0) is 75.3 Å². The average Bonchev–Trinajstić information content (AvgIpc) is 1.67. The number of hydrogen-bond acceptors (Lipinski definition) is 18. The second-order valence-corrected chi connectivity index (χ2v) is 26.6. The van der Waals surface area contributed by atoms with E-state index in [1.807, 2.05) is 48.7 Å². The van der Waals surface area contributed by atoms with Gasteiger partial charge in [0.15, 0.2) is 17.5 Å². The maximum absolute atomic E-state index is 16.4.